The summed E-state index contributed by atoms with van der Waals surface area (Å²) in [5.41, 5.74) is 4.85. The third kappa shape index (κ3) is 4.56. The van der Waals surface area contributed by atoms with Gasteiger partial charge in [-0.05, 0) is 19.1 Å². The molecule has 0 radical (unpaired) electrons. The van der Waals surface area contributed by atoms with Gasteiger partial charge in [0.05, 0.1) is 11.7 Å². The van der Waals surface area contributed by atoms with Gasteiger partial charge in [-0.1, -0.05) is 24.3 Å². The van der Waals surface area contributed by atoms with Crippen molar-refractivity contribution in [3.8, 4) is 5.75 Å². The zero-order chi connectivity index (χ0) is 13.5. The third-order valence-corrected chi connectivity index (χ3v) is 1.99. The maximum atomic E-state index is 11.3. The van der Waals surface area contributed by atoms with Crippen LogP contribution in [0.4, 0.5) is 0 Å². The second-order valence-electron chi connectivity index (χ2n) is 3.54. The maximum Gasteiger partial charge on any atom is 0.276 e. The maximum absolute atomic E-state index is 11.3. The summed E-state index contributed by atoms with van der Waals surface area (Å²) < 4.78 is 5.17. The lowest BCUT2D eigenvalue weighted by molar-refractivity contribution is -0.299. The topological polar surface area (TPSA) is 90.5 Å². The number of carbonyl (C=O) groups is 2. The first-order valence-electron chi connectivity index (χ1n) is 5.13. The Morgan fingerprint density at radius 1 is 1.28 bits per heavy atom. The lowest BCUT2D eigenvalue weighted by atomic mass is 10.2. The third-order valence-electron chi connectivity index (χ3n) is 1.99. The van der Waals surface area contributed by atoms with Gasteiger partial charge in [0.25, 0.3) is 5.91 Å². The molecule has 0 aliphatic heterocycles. The fourth-order valence-corrected chi connectivity index (χ4v) is 1.02. The molecule has 0 aliphatic carbocycles. The Morgan fingerprint density at radius 2 is 1.89 bits per heavy atom. The van der Waals surface area contributed by atoms with Gasteiger partial charge in [-0.25, -0.2) is 0 Å². The minimum atomic E-state index is -1.49. The molecule has 1 aromatic carbocycles. The van der Waals surface area contributed by atoms with E-state index in [9.17, 15) is 14.7 Å². The van der Waals surface area contributed by atoms with Crippen LogP contribution >= 0.6 is 0 Å². The minimum absolute atomic E-state index is 0.240. The molecule has 0 aliphatic rings. The van der Waals surface area contributed by atoms with E-state index >= 15 is 0 Å². The van der Waals surface area contributed by atoms with Gasteiger partial charge in [-0.15, -0.1) is 0 Å². The summed E-state index contributed by atoms with van der Waals surface area (Å²) in [6, 6.07) is 7.17. The molecule has 0 saturated heterocycles. The summed E-state index contributed by atoms with van der Waals surface area (Å²) in [6.07, 6.45) is 0. The smallest absolute Gasteiger partial charge is 0.276 e. The summed E-state index contributed by atoms with van der Waals surface area (Å²) in [5, 5.41) is 10.3. The summed E-state index contributed by atoms with van der Waals surface area (Å²) in [7, 11) is 0. The first kappa shape index (κ1) is 13.6. The highest BCUT2D eigenvalue weighted by atomic mass is 16.5. The number of carboxylic acids is 1. The van der Waals surface area contributed by atoms with Crippen LogP contribution in [0.25, 0.3) is 0 Å². The summed E-state index contributed by atoms with van der Waals surface area (Å²) >= 11 is 0. The van der Waals surface area contributed by atoms with Gasteiger partial charge in [0.15, 0.2) is 6.61 Å². The van der Waals surface area contributed by atoms with E-state index in [1.54, 1.807) is 12.1 Å². The van der Waals surface area contributed by atoms with Crippen molar-refractivity contribution in [3.63, 3.8) is 0 Å². The largest absolute Gasteiger partial charge is 0.543 e. The van der Waals surface area contributed by atoms with Gasteiger partial charge < -0.3 is 14.6 Å². The van der Waals surface area contributed by atoms with Crippen LogP contribution in [0.5, 0.6) is 5.75 Å². The van der Waals surface area contributed by atoms with Crippen molar-refractivity contribution in [2.24, 2.45) is 0 Å². The Hall–Kier alpha value is -2.50. The molecule has 0 unspecified atom stereocenters. The van der Waals surface area contributed by atoms with Crippen molar-refractivity contribution in [3.05, 3.63) is 42.1 Å². The predicted molar refractivity (Wildman–Crippen MR) is 62.1 cm³/mol. The summed E-state index contributed by atoms with van der Waals surface area (Å²) in [6.45, 7) is 4.82. The average molecular weight is 249 g/mol. The molecule has 0 atom stereocenters. The number of carbonyl (C=O) groups excluding carboxylic acids is 2. The lowest BCUT2D eigenvalue weighted by Crippen LogP contribution is -2.44. The number of hydrogen-bond donors (Lipinski definition) is 2. The van der Waals surface area contributed by atoms with Crippen molar-refractivity contribution in [2.75, 3.05) is 6.61 Å². The SMILES string of the molecule is C=C(NNC(=O)COc1ccc(C)cc1)C(=O)[O-]. The Balaban J connectivity index is 2.31. The van der Waals surface area contributed by atoms with E-state index in [1.807, 2.05) is 19.1 Å². The fourth-order valence-electron chi connectivity index (χ4n) is 1.02. The average Bonchev–Trinajstić information content (AvgIpc) is 2.35. The number of amides is 1. The second-order valence-corrected chi connectivity index (χ2v) is 3.54. The zero-order valence-electron chi connectivity index (χ0n) is 9.86. The van der Waals surface area contributed by atoms with Crippen molar-refractivity contribution in [1.82, 2.24) is 10.9 Å². The van der Waals surface area contributed by atoms with Crippen LogP contribution in [0, 0.1) is 6.92 Å². The number of aliphatic carboxylic acids is 1. The fraction of sp³-hybridized carbons (Fsp3) is 0.167. The highest BCUT2D eigenvalue weighted by Gasteiger charge is 2.02. The summed E-state index contributed by atoms with van der Waals surface area (Å²) in [4.78, 5) is 21.5. The van der Waals surface area contributed by atoms with Crippen LogP contribution in [0.2, 0.25) is 0 Å². The monoisotopic (exact) mass is 249 g/mol. The standard InChI is InChI=1S/C12H14N2O4/c1-8-3-5-10(6-4-8)18-7-11(15)14-13-9(2)12(16)17/h3-6,13H,2,7H2,1H3,(H,14,15)(H,16,17)/p-1. The van der Waals surface area contributed by atoms with E-state index in [0.29, 0.717) is 5.75 Å². The van der Waals surface area contributed by atoms with Crippen LogP contribution < -0.4 is 20.7 Å². The molecule has 1 aromatic rings. The van der Waals surface area contributed by atoms with Crippen molar-refractivity contribution in [1.29, 1.82) is 0 Å². The number of benzene rings is 1. The normalized spacial score (nSPS) is 9.39. The highest BCUT2D eigenvalue weighted by molar-refractivity contribution is 5.84. The van der Waals surface area contributed by atoms with Crippen molar-refractivity contribution >= 4 is 11.9 Å². The molecule has 0 fully saturated rings. The molecule has 6 nitrogen and oxygen atoms in total. The van der Waals surface area contributed by atoms with Gasteiger partial charge in [-0.3, -0.25) is 15.6 Å². The van der Waals surface area contributed by atoms with Crippen LogP contribution in [0.15, 0.2) is 36.5 Å². The molecular formula is C12H13N2O4-. The number of hydrazine groups is 1. The second kappa shape index (κ2) is 6.29. The van der Waals surface area contributed by atoms with E-state index in [0.717, 1.165) is 5.56 Å². The van der Waals surface area contributed by atoms with E-state index in [1.165, 1.54) is 0 Å². The zero-order valence-corrected chi connectivity index (χ0v) is 9.86. The molecule has 0 bridgehead atoms. The predicted octanol–water partition coefficient (Wildman–Crippen LogP) is -0.742. The van der Waals surface area contributed by atoms with E-state index in [-0.39, 0.29) is 6.61 Å². The number of aryl methyl sites for hydroxylation is 1. The number of carboxylic acid groups (broad SMARTS) is 1. The number of rotatable bonds is 6. The molecule has 1 amide bonds. The molecule has 0 saturated carbocycles. The molecule has 1 rings (SSSR count). The quantitative estimate of drug-likeness (QED) is 0.512. The molecule has 0 heterocycles. The molecular weight excluding hydrogens is 236 g/mol. The first-order valence-corrected chi connectivity index (χ1v) is 5.13. The Kier molecular flexibility index (Phi) is 4.74. The van der Waals surface area contributed by atoms with Crippen molar-refractivity contribution in [2.45, 2.75) is 6.92 Å². The Morgan fingerprint density at radius 3 is 2.44 bits per heavy atom. The van der Waals surface area contributed by atoms with Crippen LogP contribution in [-0.2, 0) is 9.59 Å². The van der Waals surface area contributed by atoms with Gasteiger partial charge in [0, 0.05) is 0 Å². The van der Waals surface area contributed by atoms with Crippen LogP contribution in [0.3, 0.4) is 0 Å². The van der Waals surface area contributed by atoms with E-state index < -0.39 is 17.6 Å². The van der Waals surface area contributed by atoms with E-state index in [4.69, 9.17) is 4.74 Å². The number of ether oxygens (including phenoxy) is 1. The van der Waals surface area contributed by atoms with Crippen molar-refractivity contribution < 1.29 is 19.4 Å². The lowest BCUT2D eigenvalue weighted by Gasteiger charge is -2.11. The summed E-state index contributed by atoms with van der Waals surface area (Å²) in [5.74, 6) is -1.47. The molecule has 0 spiro atoms. The number of nitrogens with one attached hydrogen (secondary N) is 2. The minimum Gasteiger partial charge on any atom is -0.543 e. The molecule has 18 heavy (non-hydrogen) atoms. The van der Waals surface area contributed by atoms with Gasteiger partial charge >= 0.3 is 0 Å². The molecule has 0 aromatic heterocycles. The Bertz CT molecular complexity index is 454. The van der Waals surface area contributed by atoms with Gasteiger partial charge in [0.1, 0.15) is 5.75 Å². The highest BCUT2D eigenvalue weighted by Crippen LogP contribution is 2.10. The molecule has 6 heteroatoms. The van der Waals surface area contributed by atoms with Crippen LogP contribution in [-0.4, -0.2) is 18.5 Å². The first-order chi connectivity index (χ1) is 8.49. The van der Waals surface area contributed by atoms with E-state index in [2.05, 4.69) is 17.4 Å². The molecule has 2 N–H and O–H groups in total. The van der Waals surface area contributed by atoms with Crippen LogP contribution in [0.1, 0.15) is 5.56 Å². The Labute approximate surface area is 104 Å². The number of hydrogen-bond acceptors (Lipinski definition) is 5. The molecule has 96 valence electrons. The van der Waals surface area contributed by atoms with Gasteiger partial charge in [0.2, 0.25) is 0 Å². The van der Waals surface area contributed by atoms with Gasteiger partial charge in [-0.2, -0.15) is 0 Å².